The van der Waals surface area contributed by atoms with Crippen LogP contribution in [0.4, 0.5) is 0 Å². The van der Waals surface area contributed by atoms with Gasteiger partial charge in [-0.3, -0.25) is 0 Å². The number of ether oxygens (including phenoxy) is 1. The van der Waals surface area contributed by atoms with Crippen molar-refractivity contribution in [3.8, 4) is 0 Å². The molecule has 0 amide bonds. The molecule has 1 aromatic carbocycles. The fraction of sp³-hybridized carbons (Fsp3) is 0.600. The van der Waals surface area contributed by atoms with E-state index in [4.69, 9.17) is 4.74 Å². The number of hydrogen-bond donors (Lipinski definition) is 1. The number of methoxy groups -OCH3 is 1. The Morgan fingerprint density at radius 1 is 1.18 bits per heavy atom. The van der Waals surface area contributed by atoms with Crippen molar-refractivity contribution in [3.63, 3.8) is 0 Å². The predicted octanol–water partition coefficient (Wildman–Crippen LogP) is 3.36. The molecule has 0 saturated carbocycles. The summed E-state index contributed by atoms with van der Waals surface area (Å²) >= 11 is 0. The molecule has 0 aliphatic heterocycles. The van der Waals surface area contributed by atoms with Gasteiger partial charge in [0.05, 0.1) is 6.10 Å². The molecule has 1 rings (SSSR count). The maximum Gasteiger partial charge on any atom is 0.0608 e. The Bertz CT molecular complexity index is 284. The number of aliphatic hydroxyl groups excluding tert-OH is 1. The molecule has 0 aromatic heterocycles. The lowest BCUT2D eigenvalue weighted by atomic mass is 9.88. The van der Waals surface area contributed by atoms with Gasteiger partial charge in [0.2, 0.25) is 0 Å². The molecule has 0 aliphatic rings. The normalized spacial score (nSPS) is 14.5. The van der Waals surface area contributed by atoms with Gasteiger partial charge in [0.1, 0.15) is 0 Å². The van der Waals surface area contributed by atoms with Crippen LogP contribution in [0.15, 0.2) is 30.3 Å². The monoisotopic (exact) mass is 236 g/mol. The minimum Gasteiger partial charge on any atom is -0.392 e. The van der Waals surface area contributed by atoms with Crippen LogP contribution in [0.5, 0.6) is 0 Å². The standard InChI is InChI=1S/C15H24O2/c1-3-14(13-9-5-4-6-10-13)15(16)11-7-8-12-17-2/h4-6,9-10,14-16H,3,7-8,11-12H2,1-2H3. The smallest absolute Gasteiger partial charge is 0.0608 e. The highest BCUT2D eigenvalue weighted by Crippen LogP contribution is 2.25. The molecule has 0 saturated heterocycles. The van der Waals surface area contributed by atoms with E-state index in [0.29, 0.717) is 0 Å². The van der Waals surface area contributed by atoms with Crippen molar-refractivity contribution < 1.29 is 9.84 Å². The van der Waals surface area contributed by atoms with E-state index in [1.54, 1.807) is 7.11 Å². The van der Waals surface area contributed by atoms with E-state index in [1.165, 1.54) is 5.56 Å². The Balaban J connectivity index is 2.44. The summed E-state index contributed by atoms with van der Waals surface area (Å²) in [6, 6.07) is 10.3. The van der Waals surface area contributed by atoms with E-state index in [2.05, 4.69) is 19.1 Å². The lowest BCUT2D eigenvalue weighted by molar-refractivity contribution is 0.122. The maximum atomic E-state index is 10.2. The largest absolute Gasteiger partial charge is 0.392 e. The summed E-state index contributed by atoms with van der Waals surface area (Å²) < 4.78 is 5.01. The fourth-order valence-electron chi connectivity index (χ4n) is 2.23. The highest BCUT2D eigenvalue weighted by atomic mass is 16.5. The van der Waals surface area contributed by atoms with Crippen molar-refractivity contribution in [2.24, 2.45) is 0 Å². The molecule has 2 atom stereocenters. The third-order valence-corrected chi connectivity index (χ3v) is 3.23. The highest BCUT2D eigenvalue weighted by Gasteiger charge is 2.18. The Morgan fingerprint density at radius 2 is 1.88 bits per heavy atom. The molecule has 1 N–H and O–H groups in total. The van der Waals surface area contributed by atoms with E-state index in [0.717, 1.165) is 32.3 Å². The SMILES string of the molecule is CCC(c1ccccc1)C(O)CCCCOC. The third-order valence-electron chi connectivity index (χ3n) is 3.23. The van der Waals surface area contributed by atoms with Gasteiger partial charge in [0.25, 0.3) is 0 Å². The molecule has 17 heavy (non-hydrogen) atoms. The molecule has 0 spiro atoms. The molecule has 0 heterocycles. The average Bonchev–Trinajstić information content (AvgIpc) is 2.37. The molecule has 0 aliphatic carbocycles. The first-order chi connectivity index (χ1) is 8.29. The van der Waals surface area contributed by atoms with Crippen LogP contribution in [0.1, 0.15) is 44.1 Å². The minimum absolute atomic E-state index is 0.237. The fourth-order valence-corrected chi connectivity index (χ4v) is 2.23. The summed E-state index contributed by atoms with van der Waals surface area (Å²) in [5, 5.41) is 10.2. The summed E-state index contributed by atoms with van der Waals surface area (Å²) in [6.07, 6.45) is 3.66. The molecular formula is C15H24O2. The summed E-state index contributed by atoms with van der Waals surface area (Å²) in [5.41, 5.74) is 1.24. The van der Waals surface area contributed by atoms with Crippen LogP contribution in [-0.2, 0) is 4.74 Å². The van der Waals surface area contributed by atoms with Gasteiger partial charge in [-0.1, -0.05) is 37.3 Å². The van der Waals surface area contributed by atoms with Crippen molar-refractivity contribution >= 4 is 0 Å². The number of rotatable bonds is 8. The Hall–Kier alpha value is -0.860. The minimum atomic E-state index is -0.237. The lowest BCUT2D eigenvalue weighted by Gasteiger charge is -2.22. The molecule has 2 heteroatoms. The van der Waals surface area contributed by atoms with Gasteiger partial charge >= 0.3 is 0 Å². The van der Waals surface area contributed by atoms with Crippen LogP contribution in [0.2, 0.25) is 0 Å². The first-order valence-electron chi connectivity index (χ1n) is 6.51. The van der Waals surface area contributed by atoms with Gasteiger partial charge in [0.15, 0.2) is 0 Å². The van der Waals surface area contributed by atoms with Crippen LogP contribution >= 0.6 is 0 Å². The molecule has 1 aromatic rings. The van der Waals surface area contributed by atoms with E-state index < -0.39 is 0 Å². The van der Waals surface area contributed by atoms with Gasteiger partial charge in [-0.2, -0.15) is 0 Å². The van der Waals surface area contributed by atoms with Gasteiger partial charge in [0, 0.05) is 19.6 Å². The van der Waals surface area contributed by atoms with Gasteiger partial charge in [-0.05, 0) is 31.2 Å². The zero-order valence-corrected chi connectivity index (χ0v) is 10.9. The summed E-state index contributed by atoms with van der Waals surface area (Å²) in [6.45, 7) is 2.92. The molecule has 96 valence electrons. The van der Waals surface area contributed by atoms with Crippen molar-refractivity contribution in [3.05, 3.63) is 35.9 Å². The van der Waals surface area contributed by atoms with E-state index in [9.17, 15) is 5.11 Å². The zero-order chi connectivity index (χ0) is 12.5. The zero-order valence-electron chi connectivity index (χ0n) is 10.9. The molecule has 2 unspecified atom stereocenters. The number of aliphatic hydroxyl groups is 1. The number of benzene rings is 1. The van der Waals surface area contributed by atoms with Gasteiger partial charge < -0.3 is 9.84 Å². The topological polar surface area (TPSA) is 29.5 Å². The summed E-state index contributed by atoms with van der Waals surface area (Å²) in [4.78, 5) is 0. The molecule has 0 fully saturated rings. The van der Waals surface area contributed by atoms with Crippen molar-refractivity contribution in [2.45, 2.75) is 44.6 Å². The molecule has 0 radical (unpaired) electrons. The molecule has 2 nitrogen and oxygen atoms in total. The average molecular weight is 236 g/mol. The highest BCUT2D eigenvalue weighted by molar-refractivity contribution is 5.20. The molecule has 0 bridgehead atoms. The second kappa shape index (κ2) is 8.26. The summed E-state index contributed by atoms with van der Waals surface area (Å²) in [5.74, 6) is 0.263. The summed E-state index contributed by atoms with van der Waals surface area (Å²) in [7, 11) is 1.72. The van der Waals surface area contributed by atoms with Crippen LogP contribution in [0.3, 0.4) is 0 Å². The van der Waals surface area contributed by atoms with E-state index in [-0.39, 0.29) is 12.0 Å². The first kappa shape index (κ1) is 14.2. The number of hydrogen-bond acceptors (Lipinski definition) is 2. The van der Waals surface area contributed by atoms with Crippen LogP contribution in [0, 0.1) is 0 Å². The predicted molar refractivity (Wildman–Crippen MR) is 71.2 cm³/mol. The van der Waals surface area contributed by atoms with Gasteiger partial charge in [-0.15, -0.1) is 0 Å². The number of unbranched alkanes of at least 4 members (excludes halogenated alkanes) is 1. The van der Waals surface area contributed by atoms with Crippen LogP contribution in [-0.4, -0.2) is 24.9 Å². The van der Waals surface area contributed by atoms with Crippen molar-refractivity contribution in [1.29, 1.82) is 0 Å². The van der Waals surface area contributed by atoms with Crippen LogP contribution < -0.4 is 0 Å². The third kappa shape index (κ3) is 4.88. The quantitative estimate of drug-likeness (QED) is 0.701. The lowest BCUT2D eigenvalue weighted by Crippen LogP contribution is -2.18. The van der Waals surface area contributed by atoms with E-state index >= 15 is 0 Å². The van der Waals surface area contributed by atoms with Gasteiger partial charge in [-0.25, -0.2) is 0 Å². The second-order valence-corrected chi connectivity index (χ2v) is 4.48. The Morgan fingerprint density at radius 3 is 2.47 bits per heavy atom. The molecular weight excluding hydrogens is 212 g/mol. The Kier molecular flexibility index (Phi) is 6.90. The van der Waals surface area contributed by atoms with Crippen molar-refractivity contribution in [1.82, 2.24) is 0 Å². The van der Waals surface area contributed by atoms with Crippen LogP contribution in [0.25, 0.3) is 0 Å². The Labute approximate surface area is 105 Å². The second-order valence-electron chi connectivity index (χ2n) is 4.48. The van der Waals surface area contributed by atoms with E-state index in [1.807, 2.05) is 18.2 Å². The van der Waals surface area contributed by atoms with Crippen molar-refractivity contribution in [2.75, 3.05) is 13.7 Å². The first-order valence-corrected chi connectivity index (χ1v) is 6.51. The maximum absolute atomic E-state index is 10.2.